The van der Waals surface area contributed by atoms with Crippen LogP contribution in [0.3, 0.4) is 0 Å². The van der Waals surface area contributed by atoms with Crippen molar-refractivity contribution in [2.45, 2.75) is 50.6 Å². The Balaban J connectivity index is 1.40. The second kappa shape index (κ2) is 6.63. The number of esters is 1. The van der Waals surface area contributed by atoms with Crippen LogP contribution in [0, 0.1) is 6.92 Å². The fraction of sp³-hybridized carbons (Fsp3) is 0.476. The monoisotopic (exact) mass is 414 g/mol. The van der Waals surface area contributed by atoms with Crippen molar-refractivity contribution in [1.82, 2.24) is 9.55 Å². The number of ether oxygens (including phenoxy) is 5. The molecule has 0 N–H and O–H groups in total. The molecular formula is C21H22N2O7. The lowest BCUT2D eigenvalue weighted by Crippen LogP contribution is -2.46. The molecule has 158 valence electrons. The van der Waals surface area contributed by atoms with Gasteiger partial charge in [-0.25, -0.2) is 4.79 Å². The number of aryl methyl sites for hydroxylation is 1. The van der Waals surface area contributed by atoms with E-state index in [9.17, 15) is 9.59 Å². The number of fused-ring (bicyclic) bond motifs is 4. The summed E-state index contributed by atoms with van der Waals surface area (Å²) in [6.07, 6.45) is -0.0227. The zero-order valence-electron chi connectivity index (χ0n) is 16.9. The number of aromatic nitrogens is 2. The molecule has 0 bridgehead atoms. The van der Waals surface area contributed by atoms with Crippen LogP contribution >= 0.6 is 0 Å². The van der Waals surface area contributed by atoms with Gasteiger partial charge < -0.3 is 23.7 Å². The number of nitrogens with zero attached hydrogens (tertiary/aromatic N) is 2. The number of hydrogen-bond acceptors (Lipinski definition) is 8. The SMILES string of the molecule is Cc1ccc(C(=O)OC[C@H]2O[C@]3(COc4nc(=O)ccn43)[C@@H]3OC(C)(C)O[C@@H]32)cc1. The first kappa shape index (κ1) is 19.2. The quantitative estimate of drug-likeness (QED) is 0.695. The number of carbonyl (C=O) groups excluding carboxylic acids is 1. The Labute approximate surface area is 172 Å². The van der Waals surface area contributed by atoms with E-state index < -0.39 is 41.4 Å². The summed E-state index contributed by atoms with van der Waals surface area (Å²) in [6, 6.07) is 8.64. The Hall–Kier alpha value is -2.75. The largest absolute Gasteiger partial charge is 0.459 e. The summed E-state index contributed by atoms with van der Waals surface area (Å²) < 4.78 is 31.3. The molecule has 0 unspecified atom stereocenters. The van der Waals surface area contributed by atoms with E-state index in [-0.39, 0.29) is 19.2 Å². The molecule has 0 saturated carbocycles. The summed E-state index contributed by atoms with van der Waals surface area (Å²) in [7, 11) is 0. The van der Waals surface area contributed by atoms with Crippen molar-refractivity contribution in [1.29, 1.82) is 0 Å². The summed E-state index contributed by atoms with van der Waals surface area (Å²) in [5.41, 5.74) is 0.0567. The number of rotatable bonds is 3. The Morgan fingerprint density at radius 2 is 1.97 bits per heavy atom. The molecule has 2 aromatic rings. The lowest BCUT2D eigenvalue weighted by Gasteiger charge is -2.31. The molecule has 1 spiro atoms. The Morgan fingerprint density at radius 1 is 1.20 bits per heavy atom. The van der Waals surface area contributed by atoms with Gasteiger partial charge in [0.1, 0.15) is 31.5 Å². The van der Waals surface area contributed by atoms with Crippen LogP contribution in [0.25, 0.3) is 0 Å². The lowest BCUT2D eigenvalue weighted by atomic mass is 10.0. The van der Waals surface area contributed by atoms with Crippen LogP contribution in [0.5, 0.6) is 6.01 Å². The first-order valence-corrected chi connectivity index (χ1v) is 9.78. The Bertz CT molecular complexity index is 1050. The third-order valence-electron chi connectivity index (χ3n) is 5.56. The van der Waals surface area contributed by atoms with E-state index >= 15 is 0 Å². The lowest BCUT2D eigenvalue weighted by molar-refractivity contribution is -0.232. The van der Waals surface area contributed by atoms with Crippen molar-refractivity contribution in [3.8, 4) is 6.01 Å². The summed E-state index contributed by atoms with van der Waals surface area (Å²) >= 11 is 0. The molecule has 5 rings (SSSR count). The molecule has 9 heteroatoms. The highest BCUT2D eigenvalue weighted by molar-refractivity contribution is 5.89. The molecule has 2 fully saturated rings. The van der Waals surface area contributed by atoms with Crippen molar-refractivity contribution in [2.24, 2.45) is 0 Å². The molecule has 3 aliphatic rings. The molecule has 30 heavy (non-hydrogen) atoms. The van der Waals surface area contributed by atoms with E-state index in [0.717, 1.165) is 5.56 Å². The van der Waals surface area contributed by atoms with Gasteiger partial charge in [0.2, 0.25) is 5.72 Å². The summed E-state index contributed by atoms with van der Waals surface area (Å²) in [5.74, 6) is -1.29. The highest BCUT2D eigenvalue weighted by Gasteiger charge is 2.66. The van der Waals surface area contributed by atoms with Crippen LogP contribution in [0.1, 0.15) is 29.8 Å². The Kier molecular flexibility index (Phi) is 4.25. The topological polar surface area (TPSA) is 98.1 Å². The summed E-state index contributed by atoms with van der Waals surface area (Å²) in [5, 5.41) is 0. The van der Waals surface area contributed by atoms with Gasteiger partial charge in [-0.15, -0.1) is 0 Å². The highest BCUT2D eigenvalue weighted by Crippen LogP contribution is 2.49. The number of carbonyl (C=O) groups is 1. The van der Waals surface area contributed by atoms with Crippen molar-refractivity contribution >= 4 is 5.97 Å². The maximum atomic E-state index is 12.5. The minimum Gasteiger partial charge on any atom is -0.459 e. The molecule has 1 aromatic carbocycles. The first-order chi connectivity index (χ1) is 14.3. The number of hydrogen-bond donors (Lipinski definition) is 0. The first-order valence-electron chi connectivity index (χ1n) is 9.78. The van der Waals surface area contributed by atoms with Gasteiger partial charge in [-0.1, -0.05) is 17.7 Å². The maximum Gasteiger partial charge on any atom is 0.338 e. The minimum absolute atomic E-state index is 0.0158. The smallest absolute Gasteiger partial charge is 0.338 e. The van der Waals surface area contributed by atoms with Crippen LogP contribution in [0.2, 0.25) is 0 Å². The van der Waals surface area contributed by atoms with Crippen molar-refractivity contribution in [3.05, 3.63) is 58.0 Å². The summed E-state index contributed by atoms with van der Waals surface area (Å²) in [6.45, 7) is 5.66. The predicted octanol–water partition coefficient (Wildman–Crippen LogP) is 1.37. The van der Waals surface area contributed by atoms with Crippen LogP contribution in [0.15, 0.2) is 41.3 Å². The molecule has 0 aliphatic carbocycles. The van der Waals surface area contributed by atoms with Gasteiger partial charge in [-0.3, -0.25) is 9.36 Å². The molecule has 3 aliphatic heterocycles. The van der Waals surface area contributed by atoms with Gasteiger partial charge in [-0.2, -0.15) is 4.98 Å². The average Bonchev–Trinajstić information content (AvgIpc) is 3.31. The van der Waals surface area contributed by atoms with E-state index in [1.807, 2.05) is 32.9 Å². The predicted molar refractivity (Wildman–Crippen MR) is 102 cm³/mol. The van der Waals surface area contributed by atoms with E-state index in [1.165, 1.54) is 6.07 Å². The zero-order valence-corrected chi connectivity index (χ0v) is 16.9. The standard InChI is InChI=1S/C21H22N2O7/c1-12-4-6-13(7-5-12)18(25)26-10-14-16-17(30-20(2,3)29-16)21(28-14)11-27-19-22-15(24)8-9-23(19)21/h4-9,14,16-17H,10-11H2,1-3H3/t14-,16-,17-,21-/m1/s1. The van der Waals surface area contributed by atoms with E-state index in [2.05, 4.69) is 4.98 Å². The minimum atomic E-state index is -1.06. The molecule has 9 nitrogen and oxygen atoms in total. The van der Waals surface area contributed by atoms with Gasteiger partial charge in [0.25, 0.3) is 5.56 Å². The molecule has 0 amide bonds. The fourth-order valence-corrected chi connectivity index (χ4v) is 4.19. The van der Waals surface area contributed by atoms with Crippen LogP contribution in [-0.4, -0.2) is 52.8 Å². The molecule has 2 saturated heterocycles. The summed E-state index contributed by atoms with van der Waals surface area (Å²) in [4.78, 5) is 28.0. The fourth-order valence-electron chi connectivity index (χ4n) is 4.19. The van der Waals surface area contributed by atoms with E-state index in [0.29, 0.717) is 5.56 Å². The van der Waals surface area contributed by atoms with Gasteiger partial charge >= 0.3 is 12.0 Å². The second-order valence-corrected chi connectivity index (χ2v) is 8.19. The van der Waals surface area contributed by atoms with E-state index in [1.54, 1.807) is 22.9 Å². The van der Waals surface area contributed by atoms with Crippen LogP contribution in [0.4, 0.5) is 0 Å². The average molecular weight is 414 g/mol. The zero-order chi connectivity index (χ0) is 21.1. The van der Waals surface area contributed by atoms with E-state index in [4.69, 9.17) is 23.7 Å². The second-order valence-electron chi connectivity index (χ2n) is 8.19. The van der Waals surface area contributed by atoms with Gasteiger partial charge in [0.15, 0.2) is 5.79 Å². The molecule has 4 heterocycles. The van der Waals surface area contributed by atoms with Crippen molar-refractivity contribution in [3.63, 3.8) is 0 Å². The molecular weight excluding hydrogens is 392 g/mol. The van der Waals surface area contributed by atoms with Crippen LogP contribution in [-0.2, 0) is 24.7 Å². The molecule has 0 radical (unpaired) electrons. The third kappa shape index (κ3) is 3.01. The van der Waals surface area contributed by atoms with Gasteiger partial charge in [0, 0.05) is 12.3 Å². The maximum absolute atomic E-state index is 12.5. The third-order valence-corrected chi connectivity index (χ3v) is 5.56. The van der Waals surface area contributed by atoms with Crippen LogP contribution < -0.4 is 10.3 Å². The van der Waals surface area contributed by atoms with Gasteiger partial charge in [-0.05, 0) is 32.9 Å². The normalized spacial score (nSPS) is 30.7. The molecule has 4 atom stereocenters. The highest BCUT2D eigenvalue weighted by atomic mass is 16.8. The van der Waals surface area contributed by atoms with Gasteiger partial charge in [0.05, 0.1) is 5.56 Å². The van der Waals surface area contributed by atoms with Crippen molar-refractivity contribution < 1.29 is 28.5 Å². The Morgan fingerprint density at radius 3 is 2.73 bits per heavy atom. The molecule has 1 aromatic heterocycles. The van der Waals surface area contributed by atoms with Crippen molar-refractivity contribution in [2.75, 3.05) is 13.2 Å². The number of benzene rings is 1.